The van der Waals surface area contributed by atoms with Gasteiger partial charge in [-0.1, -0.05) is 29.8 Å². The first-order chi connectivity index (χ1) is 13.9. The Kier molecular flexibility index (Phi) is 8.17. The van der Waals surface area contributed by atoms with Crippen molar-refractivity contribution in [3.63, 3.8) is 0 Å². The topological polar surface area (TPSA) is 130 Å². The van der Waals surface area contributed by atoms with E-state index in [2.05, 4.69) is 27.4 Å². The summed E-state index contributed by atoms with van der Waals surface area (Å²) in [6, 6.07) is 6.85. The first kappa shape index (κ1) is 21.9. The number of carbonyl (C=O) groups is 2. The van der Waals surface area contributed by atoms with Crippen molar-refractivity contribution in [3.05, 3.63) is 53.7 Å². The number of aromatic nitrogens is 2. The SMILES string of the molecule is C=CCCC(=O)Nc1cc(N)ccc1-c1cc(C=CCCNC(=O)O)c(Cl)nn1. The molecule has 8 nitrogen and oxygen atoms in total. The number of allylic oxidation sites excluding steroid dienone is 1. The average Bonchev–Trinajstić information content (AvgIpc) is 2.67. The molecule has 0 aliphatic heterocycles. The van der Waals surface area contributed by atoms with Crippen LogP contribution in [0.3, 0.4) is 0 Å². The first-order valence-electron chi connectivity index (χ1n) is 8.88. The standard InChI is InChI=1S/C20H22ClN5O3/c1-2-3-7-18(27)24-16-12-14(22)8-9-15(16)17-11-13(19(21)26-25-17)6-4-5-10-23-20(28)29/h2,4,6,8-9,11-12,23H,1,3,5,7,10,22H2,(H,24,27)(H,28,29). The molecule has 1 aromatic heterocycles. The van der Waals surface area contributed by atoms with Gasteiger partial charge in [-0.15, -0.1) is 16.8 Å². The fraction of sp³-hybridized carbons (Fsp3) is 0.200. The Bertz CT molecular complexity index is 930. The molecule has 0 radical (unpaired) electrons. The highest BCUT2D eigenvalue weighted by Crippen LogP contribution is 2.30. The fourth-order valence-electron chi connectivity index (χ4n) is 2.45. The lowest BCUT2D eigenvalue weighted by atomic mass is 10.1. The smallest absolute Gasteiger partial charge is 0.404 e. The van der Waals surface area contributed by atoms with Gasteiger partial charge in [0.15, 0.2) is 5.15 Å². The number of carbonyl (C=O) groups excluding carboxylic acids is 1. The van der Waals surface area contributed by atoms with Crippen LogP contribution in [0.15, 0.2) is 43.0 Å². The van der Waals surface area contributed by atoms with Gasteiger partial charge in [0, 0.05) is 29.8 Å². The van der Waals surface area contributed by atoms with Crippen LogP contribution < -0.4 is 16.4 Å². The third-order valence-electron chi connectivity index (χ3n) is 3.83. The number of halogens is 1. The lowest BCUT2D eigenvalue weighted by molar-refractivity contribution is -0.116. The Labute approximate surface area is 173 Å². The number of hydrogen-bond donors (Lipinski definition) is 4. The number of hydrogen-bond acceptors (Lipinski definition) is 5. The Morgan fingerprint density at radius 3 is 2.76 bits per heavy atom. The molecule has 0 saturated heterocycles. The first-order valence-corrected chi connectivity index (χ1v) is 9.25. The van der Waals surface area contributed by atoms with Crippen molar-refractivity contribution in [1.82, 2.24) is 15.5 Å². The molecule has 0 bridgehead atoms. The zero-order chi connectivity index (χ0) is 21.2. The zero-order valence-corrected chi connectivity index (χ0v) is 16.4. The van der Waals surface area contributed by atoms with Crippen molar-refractivity contribution < 1.29 is 14.7 Å². The van der Waals surface area contributed by atoms with Crippen molar-refractivity contribution in [1.29, 1.82) is 0 Å². The summed E-state index contributed by atoms with van der Waals surface area (Å²) in [7, 11) is 0. The number of nitrogen functional groups attached to an aromatic ring is 1. The number of nitrogens with two attached hydrogens (primary N) is 1. The Hall–Kier alpha value is -3.39. The van der Waals surface area contributed by atoms with Crippen LogP contribution in [0, 0.1) is 0 Å². The summed E-state index contributed by atoms with van der Waals surface area (Å²) in [6.45, 7) is 3.90. The van der Waals surface area contributed by atoms with Crippen LogP contribution in [0.5, 0.6) is 0 Å². The van der Waals surface area contributed by atoms with Crippen molar-refractivity contribution in [3.8, 4) is 11.3 Å². The third kappa shape index (κ3) is 6.93. The van der Waals surface area contributed by atoms with Crippen LogP contribution in [-0.2, 0) is 4.79 Å². The van der Waals surface area contributed by atoms with Gasteiger partial charge in [0.1, 0.15) is 0 Å². The molecule has 1 aromatic carbocycles. The Balaban J connectivity index is 2.25. The summed E-state index contributed by atoms with van der Waals surface area (Å²) in [5.74, 6) is -0.162. The molecule has 2 rings (SSSR count). The summed E-state index contributed by atoms with van der Waals surface area (Å²) >= 11 is 6.12. The molecule has 5 N–H and O–H groups in total. The summed E-state index contributed by atoms with van der Waals surface area (Å²) in [6.07, 6.45) is 5.49. The van der Waals surface area contributed by atoms with E-state index in [9.17, 15) is 9.59 Å². The maximum Gasteiger partial charge on any atom is 0.404 e. The predicted octanol–water partition coefficient (Wildman–Crippen LogP) is 3.95. The molecular formula is C20H22ClN5O3. The van der Waals surface area contributed by atoms with Crippen molar-refractivity contribution in [2.45, 2.75) is 19.3 Å². The van der Waals surface area contributed by atoms with E-state index in [1.165, 1.54) is 0 Å². The van der Waals surface area contributed by atoms with Crippen LogP contribution in [0.1, 0.15) is 24.8 Å². The highest BCUT2D eigenvalue weighted by atomic mass is 35.5. The van der Waals surface area contributed by atoms with Gasteiger partial charge in [0.25, 0.3) is 0 Å². The molecule has 152 valence electrons. The minimum Gasteiger partial charge on any atom is -0.465 e. The summed E-state index contributed by atoms with van der Waals surface area (Å²) in [4.78, 5) is 22.6. The van der Waals surface area contributed by atoms with E-state index in [0.29, 0.717) is 47.5 Å². The van der Waals surface area contributed by atoms with Gasteiger partial charge in [-0.2, -0.15) is 0 Å². The Morgan fingerprint density at radius 2 is 2.03 bits per heavy atom. The van der Waals surface area contributed by atoms with Crippen LogP contribution in [-0.4, -0.2) is 33.8 Å². The maximum absolute atomic E-state index is 12.1. The normalized spacial score (nSPS) is 10.7. The average molecular weight is 416 g/mol. The highest BCUT2D eigenvalue weighted by Gasteiger charge is 2.12. The minimum absolute atomic E-state index is 0.162. The van der Waals surface area contributed by atoms with E-state index >= 15 is 0 Å². The van der Waals surface area contributed by atoms with E-state index in [4.69, 9.17) is 22.4 Å². The number of nitrogens with zero attached hydrogens (tertiary/aromatic N) is 2. The van der Waals surface area contributed by atoms with E-state index in [1.807, 2.05) is 0 Å². The Morgan fingerprint density at radius 1 is 1.24 bits per heavy atom. The van der Waals surface area contributed by atoms with E-state index < -0.39 is 6.09 Å². The summed E-state index contributed by atoms with van der Waals surface area (Å²) in [5, 5.41) is 22.0. The second-order valence-corrected chi connectivity index (χ2v) is 6.44. The molecule has 0 aliphatic carbocycles. The number of benzene rings is 1. The van der Waals surface area contributed by atoms with Crippen LogP contribution >= 0.6 is 11.6 Å². The summed E-state index contributed by atoms with van der Waals surface area (Å²) in [5.41, 5.74) is 8.67. The van der Waals surface area contributed by atoms with Crippen molar-refractivity contribution in [2.75, 3.05) is 17.6 Å². The van der Waals surface area contributed by atoms with E-state index in [-0.39, 0.29) is 17.6 Å². The molecule has 1 heterocycles. The van der Waals surface area contributed by atoms with Crippen LogP contribution in [0.2, 0.25) is 5.15 Å². The van der Waals surface area contributed by atoms with Gasteiger partial charge in [0.2, 0.25) is 5.91 Å². The van der Waals surface area contributed by atoms with Gasteiger partial charge in [-0.05, 0) is 37.1 Å². The monoisotopic (exact) mass is 415 g/mol. The molecule has 0 unspecified atom stereocenters. The largest absolute Gasteiger partial charge is 0.465 e. The minimum atomic E-state index is -1.07. The molecule has 9 heteroatoms. The van der Waals surface area contributed by atoms with Crippen molar-refractivity contribution in [2.24, 2.45) is 0 Å². The number of carboxylic acid groups (broad SMARTS) is 1. The molecule has 2 aromatic rings. The molecule has 0 saturated carbocycles. The third-order valence-corrected chi connectivity index (χ3v) is 4.12. The van der Waals surface area contributed by atoms with Crippen LogP contribution in [0.4, 0.5) is 16.2 Å². The lowest BCUT2D eigenvalue weighted by Gasteiger charge is -2.12. The predicted molar refractivity (Wildman–Crippen MR) is 115 cm³/mol. The maximum atomic E-state index is 12.1. The van der Waals surface area contributed by atoms with Gasteiger partial charge in [-0.25, -0.2) is 4.79 Å². The number of anilines is 2. The molecule has 0 fully saturated rings. The molecule has 0 spiro atoms. The van der Waals surface area contributed by atoms with E-state index in [0.717, 1.165) is 0 Å². The lowest BCUT2D eigenvalue weighted by Crippen LogP contribution is -2.21. The number of amides is 2. The molecule has 2 amide bonds. The number of nitrogens with one attached hydrogen (secondary N) is 2. The van der Waals surface area contributed by atoms with Crippen LogP contribution in [0.25, 0.3) is 17.3 Å². The van der Waals surface area contributed by atoms with Gasteiger partial charge in [-0.3, -0.25) is 4.79 Å². The molecule has 0 atom stereocenters. The molecule has 29 heavy (non-hydrogen) atoms. The van der Waals surface area contributed by atoms with Crippen molar-refractivity contribution >= 4 is 41.1 Å². The van der Waals surface area contributed by atoms with E-state index in [1.54, 1.807) is 42.5 Å². The van der Waals surface area contributed by atoms with Gasteiger partial charge >= 0.3 is 6.09 Å². The quantitative estimate of drug-likeness (QED) is 0.278. The molecular weight excluding hydrogens is 394 g/mol. The highest BCUT2D eigenvalue weighted by molar-refractivity contribution is 6.30. The number of rotatable bonds is 9. The second kappa shape index (κ2) is 10.8. The second-order valence-electron chi connectivity index (χ2n) is 6.08. The zero-order valence-electron chi connectivity index (χ0n) is 15.7. The summed E-state index contributed by atoms with van der Waals surface area (Å²) < 4.78 is 0. The van der Waals surface area contributed by atoms with Gasteiger partial charge in [0.05, 0.1) is 11.4 Å². The van der Waals surface area contributed by atoms with Gasteiger partial charge < -0.3 is 21.5 Å². The molecule has 0 aliphatic rings. The fourth-order valence-corrected chi connectivity index (χ4v) is 2.60.